The molecule has 2 heterocycles. The van der Waals surface area contributed by atoms with E-state index in [1.54, 1.807) is 6.21 Å². The summed E-state index contributed by atoms with van der Waals surface area (Å²) in [5.74, 6) is -0.283. The number of ether oxygens (including phenoxy) is 4. The quantitative estimate of drug-likeness (QED) is 0.311. The van der Waals surface area contributed by atoms with Gasteiger partial charge < -0.3 is 18.9 Å². The zero-order valence-corrected chi connectivity index (χ0v) is 16.6. The second-order valence-corrected chi connectivity index (χ2v) is 7.00. The predicted molar refractivity (Wildman–Crippen MR) is 108 cm³/mol. The number of nitrogens with one attached hydrogen (secondary N) is 1. The molecule has 2 saturated heterocycles. The summed E-state index contributed by atoms with van der Waals surface area (Å²) in [5, 5.41) is 10.7. The summed E-state index contributed by atoms with van der Waals surface area (Å²) >= 11 is 1.02. The van der Waals surface area contributed by atoms with Crippen LogP contribution in [0, 0.1) is 0 Å². The van der Waals surface area contributed by atoms with E-state index in [-0.39, 0.29) is 16.4 Å². The molecule has 0 aliphatic carbocycles. The third-order valence-corrected chi connectivity index (χ3v) is 4.76. The van der Waals surface area contributed by atoms with Crippen LogP contribution in [0.1, 0.15) is 18.4 Å². The van der Waals surface area contributed by atoms with Crippen LogP contribution in [0.4, 0.5) is 0 Å². The summed E-state index contributed by atoms with van der Waals surface area (Å²) < 4.78 is 21.1. The number of carbonyl (C=O) groups is 2. The summed E-state index contributed by atoms with van der Waals surface area (Å²) in [5.41, 5.74) is 0.820. The van der Waals surface area contributed by atoms with E-state index >= 15 is 0 Å². The molecule has 1 amide bonds. The van der Waals surface area contributed by atoms with Crippen molar-refractivity contribution in [3.8, 4) is 5.75 Å². The third kappa shape index (κ3) is 6.70. The van der Waals surface area contributed by atoms with Gasteiger partial charge in [-0.25, -0.2) is 4.79 Å². The number of hydrogen-bond donors (Lipinski definition) is 1. The van der Waals surface area contributed by atoms with Gasteiger partial charge in [-0.1, -0.05) is 0 Å². The topological polar surface area (TPSA) is 108 Å². The highest BCUT2D eigenvalue weighted by molar-refractivity contribution is 8.18. The number of benzene rings is 1. The molecular formula is C19H21N3O6S. The summed E-state index contributed by atoms with van der Waals surface area (Å²) in [4.78, 5) is 23.1. The normalized spacial score (nSPS) is 20.4. The number of rotatable bonds is 7. The minimum absolute atomic E-state index is 0.189. The number of esters is 1. The average Bonchev–Trinajstić information content (AvgIpc) is 3.09. The van der Waals surface area contributed by atoms with Crippen LogP contribution in [-0.2, 0) is 23.8 Å². The molecule has 29 heavy (non-hydrogen) atoms. The summed E-state index contributed by atoms with van der Waals surface area (Å²) in [6, 6.07) is 7.35. The number of amidine groups is 1. The smallest absolute Gasteiger partial charge is 0.331 e. The van der Waals surface area contributed by atoms with Gasteiger partial charge in [0, 0.05) is 12.5 Å². The van der Waals surface area contributed by atoms with Gasteiger partial charge in [0.2, 0.25) is 0 Å². The van der Waals surface area contributed by atoms with Crippen molar-refractivity contribution in [1.29, 1.82) is 0 Å². The Labute approximate surface area is 172 Å². The first kappa shape index (κ1) is 21.0. The van der Waals surface area contributed by atoms with Gasteiger partial charge in [-0.3, -0.25) is 10.1 Å². The van der Waals surface area contributed by atoms with Crippen molar-refractivity contribution in [2.24, 2.45) is 10.2 Å². The molecule has 0 spiro atoms. The van der Waals surface area contributed by atoms with E-state index in [1.807, 2.05) is 24.3 Å². The predicted octanol–water partition coefficient (Wildman–Crippen LogP) is 1.83. The first-order valence-corrected chi connectivity index (χ1v) is 9.81. The molecule has 154 valence electrons. The van der Waals surface area contributed by atoms with Crippen molar-refractivity contribution in [3.05, 3.63) is 40.8 Å². The van der Waals surface area contributed by atoms with Crippen LogP contribution >= 0.6 is 11.8 Å². The Morgan fingerprint density at radius 3 is 2.79 bits per heavy atom. The Bertz CT molecular complexity index is 816. The van der Waals surface area contributed by atoms with Crippen molar-refractivity contribution in [3.63, 3.8) is 0 Å². The monoisotopic (exact) mass is 419 g/mol. The molecule has 0 saturated carbocycles. The van der Waals surface area contributed by atoms with Crippen LogP contribution in [0.25, 0.3) is 0 Å². The Morgan fingerprint density at radius 2 is 2.07 bits per heavy atom. The van der Waals surface area contributed by atoms with Crippen molar-refractivity contribution in [1.82, 2.24) is 5.32 Å². The van der Waals surface area contributed by atoms with Crippen LogP contribution in [0.5, 0.6) is 5.75 Å². The highest BCUT2D eigenvalue weighted by atomic mass is 32.2. The van der Waals surface area contributed by atoms with Gasteiger partial charge >= 0.3 is 5.97 Å². The summed E-state index contributed by atoms with van der Waals surface area (Å²) in [6.45, 7) is 1.96. The van der Waals surface area contributed by atoms with Crippen LogP contribution in [0.15, 0.2) is 45.4 Å². The zero-order valence-electron chi connectivity index (χ0n) is 15.8. The maximum atomic E-state index is 11.7. The minimum atomic E-state index is -0.603. The largest absolute Gasteiger partial charge is 0.493 e. The molecule has 0 aromatic heterocycles. The summed E-state index contributed by atoms with van der Waals surface area (Å²) in [7, 11) is 1.24. The number of thioether (sulfide) groups is 1. The van der Waals surface area contributed by atoms with Crippen molar-refractivity contribution < 1.29 is 28.5 Å². The third-order valence-electron chi connectivity index (χ3n) is 3.85. The van der Waals surface area contributed by atoms with Crippen molar-refractivity contribution >= 4 is 35.0 Å². The summed E-state index contributed by atoms with van der Waals surface area (Å²) in [6.07, 6.45) is 4.08. The van der Waals surface area contributed by atoms with Gasteiger partial charge in [-0.2, -0.15) is 5.10 Å². The van der Waals surface area contributed by atoms with Gasteiger partial charge in [-0.05, 0) is 48.0 Å². The first-order valence-electron chi connectivity index (χ1n) is 9.00. The molecule has 10 heteroatoms. The SMILES string of the molecule is COC(=O)/C=C1/S/C(=N\N=Cc2ccc(OCCC3OCCCO3)cc2)NC1=O. The molecule has 0 radical (unpaired) electrons. The van der Waals surface area contributed by atoms with Crippen LogP contribution in [0.2, 0.25) is 0 Å². The minimum Gasteiger partial charge on any atom is -0.493 e. The first-order chi connectivity index (χ1) is 14.1. The molecule has 1 aromatic carbocycles. The molecule has 1 N–H and O–H groups in total. The van der Waals surface area contributed by atoms with Crippen LogP contribution in [-0.4, -0.2) is 56.5 Å². The lowest BCUT2D eigenvalue weighted by atomic mass is 10.2. The lowest BCUT2D eigenvalue weighted by molar-refractivity contribution is -0.183. The van der Waals surface area contributed by atoms with Crippen LogP contribution < -0.4 is 10.1 Å². The molecular weight excluding hydrogens is 398 g/mol. The molecule has 3 rings (SSSR count). The van der Waals surface area contributed by atoms with Crippen molar-refractivity contribution in [2.45, 2.75) is 19.1 Å². The van der Waals surface area contributed by atoms with Gasteiger partial charge in [0.15, 0.2) is 11.5 Å². The molecule has 9 nitrogen and oxygen atoms in total. The van der Waals surface area contributed by atoms with Gasteiger partial charge in [0.1, 0.15) is 5.75 Å². The second-order valence-electron chi connectivity index (χ2n) is 5.97. The van der Waals surface area contributed by atoms with Gasteiger partial charge in [0.25, 0.3) is 5.91 Å². The number of hydrogen-bond acceptors (Lipinski definition) is 9. The van der Waals surface area contributed by atoms with E-state index in [0.717, 1.165) is 48.8 Å². The van der Waals surface area contributed by atoms with E-state index in [0.29, 0.717) is 13.0 Å². The lowest BCUT2D eigenvalue weighted by Gasteiger charge is -2.23. The maximum Gasteiger partial charge on any atom is 0.331 e. The standard InChI is InChI=1S/C19H21N3O6S/c1-25-16(23)11-15-18(24)21-19(29-15)22-20-12-13-3-5-14(6-4-13)26-10-7-17-27-8-2-9-28-17/h3-6,11-12,17H,2,7-10H2,1H3,(H,21,22,24)/b15-11+,20-12?. The van der Waals surface area contributed by atoms with Crippen LogP contribution in [0.3, 0.4) is 0 Å². The average molecular weight is 419 g/mol. The fraction of sp³-hybridized carbons (Fsp3) is 0.368. The highest BCUT2D eigenvalue weighted by Crippen LogP contribution is 2.23. The van der Waals surface area contributed by atoms with Gasteiger partial charge in [-0.15, -0.1) is 5.10 Å². The lowest BCUT2D eigenvalue weighted by Crippen LogP contribution is -2.26. The number of nitrogens with zero attached hydrogens (tertiary/aromatic N) is 2. The van der Waals surface area contributed by atoms with E-state index in [4.69, 9.17) is 14.2 Å². The Morgan fingerprint density at radius 1 is 1.31 bits per heavy atom. The van der Waals surface area contributed by atoms with Gasteiger partial charge in [0.05, 0.1) is 38.1 Å². The molecule has 2 fully saturated rings. The fourth-order valence-electron chi connectivity index (χ4n) is 2.42. The maximum absolute atomic E-state index is 11.7. The van der Waals surface area contributed by atoms with E-state index in [2.05, 4.69) is 20.3 Å². The van der Waals surface area contributed by atoms with Crippen molar-refractivity contribution in [2.75, 3.05) is 26.9 Å². The molecule has 2 aliphatic rings. The Kier molecular flexibility index (Phi) is 7.79. The fourth-order valence-corrected chi connectivity index (χ4v) is 3.15. The van der Waals surface area contributed by atoms with E-state index in [1.165, 1.54) is 7.11 Å². The molecule has 0 atom stereocenters. The Balaban J connectivity index is 1.46. The van der Waals surface area contributed by atoms with E-state index in [9.17, 15) is 9.59 Å². The van der Waals surface area contributed by atoms with E-state index < -0.39 is 11.9 Å². The second kappa shape index (κ2) is 10.7. The zero-order chi connectivity index (χ0) is 20.5. The molecule has 2 aliphatic heterocycles. The number of amides is 1. The highest BCUT2D eigenvalue weighted by Gasteiger charge is 2.25. The Hall–Kier alpha value is -2.69. The number of methoxy groups -OCH3 is 1. The molecule has 1 aromatic rings. The molecule has 0 bridgehead atoms. The molecule has 0 unspecified atom stereocenters. The number of carbonyl (C=O) groups excluding carboxylic acids is 2.